The van der Waals surface area contributed by atoms with Crippen LogP contribution in [0, 0.1) is 6.92 Å². The number of aromatic nitrogens is 1. The minimum Gasteiger partial charge on any atom is -0.375 e. The van der Waals surface area contributed by atoms with Crippen LogP contribution < -0.4 is 10.2 Å². The third kappa shape index (κ3) is 3.23. The van der Waals surface area contributed by atoms with Gasteiger partial charge in [-0.1, -0.05) is 24.3 Å². The van der Waals surface area contributed by atoms with Gasteiger partial charge >= 0.3 is 0 Å². The molecule has 1 heterocycles. The average molecular weight is 319 g/mol. The summed E-state index contributed by atoms with van der Waals surface area (Å²) in [5.41, 5.74) is 4.09. The summed E-state index contributed by atoms with van der Waals surface area (Å²) in [7, 11) is 2.03. The second-order valence-electron chi connectivity index (χ2n) is 5.83. The number of nitrogens with zero attached hydrogens (tertiary/aromatic N) is 2. The van der Waals surface area contributed by atoms with Crippen LogP contribution in [0.15, 0.2) is 54.6 Å². The summed E-state index contributed by atoms with van der Waals surface area (Å²) >= 11 is 0. The van der Waals surface area contributed by atoms with Gasteiger partial charge in [0.1, 0.15) is 0 Å². The van der Waals surface area contributed by atoms with Crippen molar-refractivity contribution in [1.82, 2.24) is 4.98 Å². The molecule has 122 valence electrons. The van der Waals surface area contributed by atoms with Crippen LogP contribution in [0.1, 0.15) is 23.0 Å². The van der Waals surface area contributed by atoms with E-state index in [0.29, 0.717) is 5.56 Å². The fourth-order valence-electron chi connectivity index (χ4n) is 2.64. The number of pyridine rings is 1. The van der Waals surface area contributed by atoms with E-state index in [1.807, 2.05) is 68.6 Å². The highest BCUT2D eigenvalue weighted by molar-refractivity contribution is 6.07. The Labute approximate surface area is 142 Å². The predicted octanol–water partition coefficient (Wildman–Crippen LogP) is 4.25. The van der Waals surface area contributed by atoms with Gasteiger partial charge in [-0.2, -0.15) is 0 Å². The van der Waals surface area contributed by atoms with Crippen molar-refractivity contribution < 1.29 is 4.79 Å². The lowest BCUT2D eigenvalue weighted by atomic mass is 10.1. The number of amides is 1. The van der Waals surface area contributed by atoms with E-state index >= 15 is 0 Å². The van der Waals surface area contributed by atoms with Crippen LogP contribution in [-0.4, -0.2) is 24.5 Å². The highest BCUT2D eigenvalue weighted by Crippen LogP contribution is 2.21. The maximum absolute atomic E-state index is 12.7. The highest BCUT2D eigenvalue weighted by atomic mass is 16.1. The summed E-state index contributed by atoms with van der Waals surface area (Å²) in [6.45, 7) is 4.86. The van der Waals surface area contributed by atoms with Crippen molar-refractivity contribution in [1.29, 1.82) is 0 Å². The van der Waals surface area contributed by atoms with Crippen molar-refractivity contribution in [3.63, 3.8) is 0 Å². The molecule has 3 aromatic rings. The molecule has 0 aliphatic carbocycles. The van der Waals surface area contributed by atoms with Gasteiger partial charge in [-0.3, -0.25) is 9.78 Å². The molecule has 1 N–H and O–H groups in total. The van der Waals surface area contributed by atoms with Crippen molar-refractivity contribution >= 4 is 28.2 Å². The van der Waals surface area contributed by atoms with E-state index in [2.05, 4.69) is 22.1 Å². The number of carbonyl (C=O) groups excluding carboxylic acids is 1. The average Bonchev–Trinajstić information content (AvgIpc) is 2.60. The molecule has 0 radical (unpaired) electrons. The Morgan fingerprint density at radius 2 is 1.92 bits per heavy atom. The maximum atomic E-state index is 12.7. The summed E-state index contributed by atoms with van der Waals surface area (Å²) in [6, 6.07) is 17.6. The van der Waals surface area contributed by atoms with Gasteiger partial charge in [-0.15, -0.1) is 0 Å². The summed E-state index contributed by atoms with van der Waals surface area (Å²) in [5.74, 6) is -0.137. The number of rotatable bonds is 4. The number of aryl methyl sites for hydroxylation is 1. The zero-order valence-electron chi connectivity index (χ0n) is 14.2. The summed E-state index contributed by atoms with van der Waals surface area (Å²) in [5, 5.41) is 3.94. The molecule has 0 fully saturated rings. The van der Waals surface area contributed by atoms with E-state index in [1.54, 1.807) is 0 Å². The third-order valence-corrected chi connectivity index (χ3v) is 4.18. The molecule has 2 aromatic carbocycles. The minimum atomic E-state index is -0.137. The second-order valence-corrected chi connectivity index (χ2v) is 5.83. The van der Waals surface area contributed by atoms with E-state index in [4.69, 9.17) is 0 Å². The van der Waals surface area contributed by atoms with Gasteiger partial charge in [-0.25, -0.2) is 0 Å². The van der Waals surface area contributed by atoms with Crippen molar-refractivity contribution in [2.75, 3.05) is 23.8 Å². The van der Waals surface area contributed by atoms with Gasteiger partial charge in [0.15, 0.2) is 0 Å². The Hall–Kier alpha value is -2.88. The van der Waals surface area contributed by atoms with Crippen molar-refractivity contribution in [3.8, 4) is 0 Å². The monoisotopic (exact) mass is 319 g/mol. The number of hydrogen-bond donors (Lipinski definition) is 1. The van der Waals surface area contributed by atoms with Crippen LogP contribution in [0.5, 0.6) is 0 Å². The Kier molecular flexibility index (Phi) is 4.47. The topological polar surface area (TPSA) is 45.2 Å². The van der Waals surface area contributed by atoms with E-state index in [-0.39, 0.29) is 5.91 Å². The molecule has 0 atom stereocenters. The van der Waals surface area contributed by atoms with Crippen LogP contribution in [0.25, 0.3) is 10.9 Å². The molecular formula is C20H21N3O. The van der Waals surface area contributed by atoms with Crippen LogP contribution >= 0.6 is 0 Å². The molecule has 4 nitrogen and oxygen atoms in total. The fourth-order valence-corrected chi connectivity index (χ4v) is 2.64. The zero-order chi connectivity index (χ0) is 17.1. The number of anilines is 2. The first-order valence-corrected chi connectivity index (χ1v) is 8.07. The molecule has 0 aliphatic rings. The van der Waals surface area contributed by atoms with Crippen LogP contribution in [0.4, 0.5) is 11.4 Å². The van der Waals surface area contributed by atoms with Gasteiger partial charge in [0, 0.05) is 30.4 Å². The van der Waals surface area contributed by atoms with Crippen LogP contribution in [0.3, 0.4) is 0 Å². The lowest BCUT2D eigenvalue weighted by molar-refractivity contribution is 0.102. The van der Waals surface area contributed by atoms with E-state index < -0.39 is 0 Å². The van der Waals surface area contributed by atoms with Gasteiger partial charge < -0.3 is 10.2 Å². The van der Waals surface area contributed by atoms with Gasteiger partial charge in [0.05, 0.1) is 16.8 Å². The lowest BCUT2D eigenvalue weighted by Gasteiger charge is -2.18. The molecule has 1 amide bonds. The predicted molar refractivity (Wildman–Crippen MR) is 99.8 cm³/mol. The molecule has 0 spiro atoms. The van der Waals surface area contributed by atoms with Gasteiger partial charge in [-0.05, 0) is 44.2 Å². The lowest BCUT2D eigenvalue weighted by Crippen LogP contribution is -2.17. The summed E-state index contributed by atoms with van der Waals surface area (Å²) in [6.07, 6.45) is 0. The number of nitrogens with one attached hydrogen (secondary N) is 1. The number of benzene rings is 2. The quantitative estimate of drug-likeness (QED) is 0.782. The van der Waals surface area contributed by atoms with E-state index in [1.165, 1.54) is 0 Å². The summed E-state index contributed by atoms with van der Waals surface area (Å²) < 4.78 is 0. The number of carbonyl (C=O) groups is 1. The Morgan fingerprint density at radius 1 is 1.12 bits per heavy atom. The smallest absolute Gasteiger partial charge is 0.257 e. The van der Waals surface area contributed by atoms with Gasteiger partial charge in [0.25, 0.3) is 5.91 Å². The third-order valence-electron chi connectivity index (χ3n) is 4.18. The summed E-state index contributed by atoms with van der Waals surface area (Å²) in [4.78, 5) is 19.3. The first-order valence-electron chi connectivity index (χ1n) is 8.07. The molecule has 24 heavy (non-hydrogen) atoms. The fraction of sp³-hybridized carbons (Fsp3) is 0.200. The molecule has 4 heteroatoms. The minimum absolute atomic E-state index is 0.137. The van der Waals surface area contributed by atoms with Crippen molar-refractivity contribution in [2.45, 2.75) is 13.8 Å². The van der Waals surface area contributed by atoms with Crippen molar-refractivity contribution in [3.05, 3.63) is 65.9 Å². The number of fused-ring (bicyclic) bond motifs is 1. The first-order chi connectivity index (χ1) is 11.6. The highest BCUT2D eigenvalue weighted by Gasteiger charge is 2.12. The van der Waals surface area contributed by atoms with Gasteiger partial charge in [0.2, 0.25) is 0 Å². The largest absolute Gasteiger partial charge is 0.375 e. The molecular weight excluding hydrogens is 298 g/mol. The number of para-hydroxylation sites is 1. The van der Waals surface area contributed by atoms with Crippen LogP contribution in [0.2, 0.25) is 0 Å². The zero-order valence-corrected chi connectivity index (χ0v) is 14.2. The molecule has 0 bridgehead atoms. The Balaban J connectivity index is 1.89. The molecule has 1 aromatic heterocycles. The van der Waals surface area contributed by atoms with Crippen LogP contribution in [-0.2, 0) is 0 Å². The van der Waals surface area contributed by atoms with E-state index in [0.717, 1.165) is 34.5 Å². The van der Waals surface area contributed by atoms with Crippen molar-refractivity contribution in [2.24, 2.45) is 0 Å². The number of hydrogen-bond acceptors (Lipinski definition) is 3. The SMILES string of the molecule is CCN(C)c1cccc(NC(=O)c2cc3ccccc3nc2C)c1. The standard InChI is InChI=1S/C20H21N3O/c1-4-23(3)17-10-7-9-16(13-17)22-20(24)18-12-15-8-5-6-11-19(15)21-14(18)2/h5-13H,4H2,1-3H3,(H,22,24). The second kappa shape index (κ2) is 6.71. The molecule has 0 unspecified atom stereocenters. The molecule has 0 saturated carbocycles. The molecule has 0 saturated heterocycles. The normalized spacial score (nSPS) is 10.6. The Morgan fingerprint density at radius 3 is 2.71 bits per heavy atom. The maximum Gasteiger partial charge on any atom is 0.257 e. The van der Waals surface area contributed by atoms with E-state index in [9.17, 15) is 4.79 Å². The first kappa shape index (κ1) is 16.0. The molecule has 3 rings (SSSR count). The molecule has 0 aliphatic heterocycles. The Bertz CT molecular complexity index is 889.